The number of nitrogens with zero attached hydrogens (tertiary/aromatic N) is 4. The molecule has 0 saturated heterocycles. The number of rotatable bonds is 5. The number of hydrogen-bond acceptors (Lipinski definition) is 5. The minimum Gasteiger partial charge on any atom is -0.305 e. The summed E-state index contributed by atoms with van der Waals surface area (Å²) in [6.07, 6.45) is 0. The highest BCUT2D eigenvalue weighted by molar-refractivity contribution is 7.98. The zero-order valence-electron chi connectivity index (χ0n) is 13.0. The van der Waals surface area contributed by atoms with Crippen molar-refractivity contribution < 1.29 is 4.92 Å². The second-order valence-electron chi connectivity index (χ2n) is 5.21. The van der Waals surface area contributed by atoms with Crippen molar-refractivity contribution in [3.63, 3.8) is 0 Å². The normalized spacial score (nSPS) is 10.8. The van der Waals surface area contributed by atoms with Gasteiger partial charge in [-0.2, -0.15) is 0 Å². The number of non-ortho nitro benzene ring substituents is 1. The van der Waals surface area contributed by atoms with Crippen LogP contribution in [0.25, 0.3) is 11.4 Å². The fraction of sp³-hybridized carbons (Fsp3) is 0.125. The molecule has 0 bridgehead atoms. The first-order valence-corrected chi connectivity index (χ1v) is 8.91. The van der Waals surface area contributed by atoms with Gasteiger partial charge < -0.3 is 4.57 Å². The number of halogens is 2. The molecule has 1 heterocycles. The molecule has 0 aliphatic rings. The average Bonchev–Trinajstić information content (AvgIpc) is 2.97. The molecule has 0 aliphatic carbocycles. The lowest BCUT2D eigenvalue weighted by Gasteiger charge is -2.05. The molecule has 2 aromatic carbocycles. The maximum absolute atomic E-state index is 10.7. The van der Waals surface area contributed by atoms with Crippen molar-refractivity contribution >= 4 is 40.7 Å². The van der Waals surface area contributed by atoms with Crippen molar-refractivity contribution in [2.24, 2.45) is 7.05 Å². The largest absolute Gasteiger partial charge is 0.305 e. The third-order valence-electron chi connectivity index (χ3n) is 3.52. The molecule has 3 rings (SSSR count). The molecule has 9 heteroatoms. The van der Waals surface area contributed by atoms with E-state index in [1.165, 1.54) is 23.9 Å². The monoisotopic (exact) mass is 394 g/mol. The molecule has 0 spiro atoms. The van der Waals surface area contributed by atoms with E-state index >= 15 is 0 Å². The number of hydrogen-bond donors (Lipinski definition) is 0. The molecule has 128 valence electrons. The second kappa shape index (κ2) is 7.43. The molecule has 3 aromatic rings. The summed E-state index contributed by atoms with van der Waals surface area (Å²) in [7, 11) is 1.86. The van der Waals surface area contributed by atoms with Gasteiger partial charge in [-0.05, 0) is 29.8 Å². The molecule has 0 N–H and O–H groups in total. The lowest BCUT2D eigenvalue weighted by molar-refractivity contribution is -0.384. The highest BCUT2D eigenvalue weighted by Crippen LogP contribution is 2.29. The zero-order valence-corrected chi connectivity index (χ0v) is 15.3. The maximum Gasteiger partial charge on any atom is 0.269 e. The van der Waals surface area contributed by atoms with Crippen LogP contribution in [-0.4, -0.2) is 19.7 Å². The molecule has 0 amide bonds. The van der Waals surface area contributed by atoms with Crippen molar-refractivity contribution in [2.45, 2.75) is 10.9 Å². The molecule has 1 aromatic heterocycles. The van der Waals surface area contributed by atoms with Crippen molar-refractivity contribution in [3.8, 4) is 11.4 Å². The van der Waals surface area contributed by atoms with Gasteiger partial charge in [0.2, 0.25) is 0 Å². The van der Waals surface area contributed by atoms with Crippen molar-refractivity contribution in [1.29, 1.82) is 0 Å². The van der Waals surface area contributed by atoms with Gasteiger partial charge in [0.05, 0.1) is 15.0 Å². The average molecular weight is 395 g/mol. The number of benzene rings is 2. The van der Waals surface area contributed by atoms with Crippen LogP contribution in [0, 0.1) is 10.1 Å². The SMILES string of the molecule is Cn1c(SCc2ccc(Cl)c(Cl)c2)nnc1-c1ccc([N+](=O)[O-])cc1. The Bertz CT molecular complexity index is 928. The van der Waals surface area contributed by atoms with Gasteiger partial charge in [0.1, 0.15) is 0 Å². The topological polar surface area (TPSA) is 73.8 Å². The van der Waals surface area contributed by atoms with Crippen LogP contribution >= 0.6 is 35.0 Å². The third-order valence-corrected chi connectivity index (χ3v) is 5.35. The van der Waals surface area contributed by atoms with Crippen LogP contribution in [0.15, 0.2) is 47.6 Å². The van der Waals surface area contributed by atoms with Crippen LogP contribution in [0.2, 0.25) is 10.0 Å². The minimum atomic E-state index is -0.432. The lowest BCUT2D eigenvalue weighted by atomic mass is 10.2. The van der Waals surface area contributed by atoms with E-state index in [-0.39, 0.29) is 5.69 Å². The van der Waals surface area contributed by atoms with E-state index in [1.54, 1.807) is 18.2 Å². The molecule has 0 unspecified atom stereocenters. The Morgan fingerprint density at radius 1 is 1.12 bits per heavy atom. The standard InChI is InChI=1S/C16H12Cl2N4O2S/c1-21-15(11-3-5-12(6-4-11)22(23)24)19-20-16(21)25-9-10-2-7-13(17)14(18)8-10/h2-8H,9H2,1H3. The summed E-state index contributed by atoms with van der Waals surface area (Å²) in [6.45, 7) is 0. The van der Waals surface area contributed by atoms with Gasteiger partial charge in [0.15, 0.2) is 11.0 Å². The fourth-order valence-corrected chi connectivity index (χ4v) is 3.38. The van der Waals surface area contributed by atoms with Crippen molar-refractivity contribution in [2.75, 3.05) is 0 Å². The van der Waals surface area contributed by atoms with Gasteiger partial charge in [-0.3, -0.25) is 10.1 Å². The van der Waals surface area contributed by atoms with Crippen molar-refractivity contribution in [1.82, 2.24) is 14.8 Å². The third kappa shape index (κ3) is 3.95. The highest BCUT2D eigenvalue weighted by atomic mass is 35.5. The molecule has 0 atom stereocenters. The molecule has 0 aliphatic heterocycles. The Labute approximate surface area is 157 Å². The molecular formula is C16H12Cl2N4O2S. The molecule has 25 heavy (non-hydrogen) atoms. The first-order valence-electron chi connectivity index (χ1n) is 7.16. The Morgan fingerprint density at radius 2 is 1.84 bits per heavy atom. The maximum atomic E-state index is 10.7. The second-order valence-corrected chi connectivity index (χ2v) is 6.96. The predicted molar refractivity (Wildman–Crippen MR) is 99.1 cm³/mol. The summed E-state index contributed by atoms with van der Waals surface area (Å²) >= 11 is 13.5. The van der Waals surface area contributed by atoms with E-state index in [1.807, 2.05) is 23.7 Å². The molecule has 0 fully saturated rings. The lowest BCUT2D eigenvalue weighted by Crippen LogP contribution is -1.95. The van der Waals surface area contributed by atoms with Crippen LogP contribution in [-0.2, 0) is 12.8 Å². The number of nitro groups is 1. The van der Waals surface area contributed by atoms with E-state index in [0.717, 1.165) is 16.3 Å². The molecule has 6 nitrogen and oxygen atoms in total. The quantitative estimate of drug-likeness (QED) is 0.346. The van der Waals surface area contributed by atoms with Crippen LogP contribution in [0.1, 0.15) is 5.56 Å². The van der Waals surface area contributed by atoms with Gasteiger partial charge >= 0.3 is 0 Å². The number of thioether (sulfide) groups is 1. The van der Waals surface area contributed by atoms with Crippen LogP contribution in [0.5, 0.6) is 0 Å². The van der Waals surface area contributed by atoms with Gasteiger partial charge in [-0.15, -0.1) is 10.2 Å². The van der Waals surface area contributed by atoms with Gasteiger partial charge in [0.25, 0.3) is 5.69 Å². The predicted octanol–water partition coefficient (Wildman–Crippen LogP) is 4.99. The Hall–Kier alpha value is -2.09. The first kappa shape index (κ1) is 17.7. The number of aromatic nitrogens is 3. The minimum absolute atomic E-state index is 0.0418. The summed E-state index contributed by atoms with van der Waals surface area (Å²) in [5, 5.41) is 20.9. The Balaban J connectivity index is 1.76. The zero-order chi connectivity index (χ0) is 18.0. The Kier molecular flexibility index (Phi) is 5.27. The summed E-state index contributed by atoms with van der Waals surface area (Å²) in [6, 6.07) is 11.7. The van der Waals surface area contributed by atoms with Crippen molar-refractivity contribution in [3.05, 3.63) is 68.2 Å². The van der Waals surface area contributed by atoms with E-state index in [0.29, 0.717) is 21.6 Å². The van der Waals surface area contributed by atoms with Crippen LogP contribution < -0.4 is 0 Å². The smallest absolute Gasteiger partial charge is 0.269 e. The molecular weight excluding hydrogens is 383 g/mol. The van der Waals surface area contributed by atoms with Gasteiger partial charge in [-0.1, -0.05) is 41.0 Å². The highest BCUT2D eigenvalue weighted by Gasteiger charge is 2.13. The van der Waals surface area contributed by atoms with Gasteiger partial charge in [0, 0.05) is 30.5 Å². The van der Waals surface area contributed by atoms with Crippen LogP contribution in [0.3, 0.4) is 0 Å². The van der Waals surface area contributed by atoms with Gasteiger partial charge in [-0.25, -0.2) is 0 Å². The summed E-state index contributed by atoms with van der Waals surface area (Å²) in [5.41, 5.74) is 1.83. The first-order chi connectivity index (χ1) is 12.0. The van der Waals surface area contributed by atoms with E-state index in [2.05, 4.69) is 10.2 Å². The summed E-state index contributed by atoms with van der Waals surface area (Å²) in [4.78, 5) is 10.3. The molecule has 0 radical (unpaired) electrons. The number of nitro benzene ring substituents is 1. The molecule has 0 saturated carbocycles. The van der Waals surface area contributed by atoms with E-state index in [9.17, 15) is 10.1 Å². The fourth-order valence-electron chi connectivity index (χ4n) is 2.20. The summed E-state index contributed by atoms with van der Waals surface area (Å²) in [5.74, 6) is 1.31. The van der Waals surface area contributed by atoms with Crippen LogP contribution in [0.4, 0.5) is 5.69 Å². The Morgan fingerprint density at radius 3 is 2.48 bits per heavy atom. The van der Waals surface area contributed by atoms with E-state index < -0.39 is 4.92 Å². The van der Waals surface area contributed by atoms with E-state index in [4.69, 9.17) is 23.2 Å². The summed E-state index contributed by atoms with van der Waals surface area (Å²) < 4.78 is 1.85.